The molecule has 3 fully saturated rings. The van der Waals surface area contributed by atoms with Crippen LogP contribution in [-0.4, -0.2) is 24.6 Å². The standard InChI is InChI=1S/C14H25NS/c1-16-6-2-5-14(10-15-13-3-4-13)8-11-7-12(11)9-14/h11-13,15H,2-10H2,1H3. The van der Waals surface area contributed by atoms with Gasteiger partial charge in [0, 0.05) is 12.6 Å². The van der Waals surface area contributed by atoms with Crippen molar-refractivity contribution in [2.75, 3.05) is 18.6 Å². The average Bonchev–Trinajstić information content (AvgIpc) is 3.18. The van der Waals surface area contributed by atoms with E-state index >= 15 is 0 Å². The van der Waals surface area contributed by atoms with Crippen molar-refractivity contribution in [1.29, 1.82) is 0 Å². The molecular formula is C14H25NS. The fraction of sp³-hybridized carbons (Fsp3) is 1.00. The van der Waals surface area contributed by atoms with Gasteiger partial charge in [-0.25, -0.2) is 0 Å². The van der Waals surface area contributed by atoms with E-state index in [1.165, 1.54) is 38.0 Å². The molecule has 1 nitrogen and oxygen atoms in total. The summed E-state index contributed by atoms with van der Waals surface area (Å²) >= 11 is 2.01. The lowest BCUT2D eigenvalue weighted by atomic mass is 9.79. The third-order valence-electron chi connectivity index (χ3n) is 4.86. The normalized spacial score (nSPS) is 41.1. The van der Waals surface area contributed by atoms with Crippen molar-refractivity contribution < 1.29 is 0 Å². The van der Waals surface area contributed by atoms with E-state index in [-0.39, 0.29) is 0 Å². The molecule has 0 saturated heterocycles. The second kappa shape index (κ2) is 4.53. The van der Waals surface area contributed by atoms with E-state index in [4.69, 9.17) is 0 Å². The van der Waals surface area contributed by atoms with Crippen molar-refractivity contribution in [2.45, 2.75) is 51.0 Å². The molecule has 3 aliphatic carbocycles. The maximum atomic E-state index is 3.80. The van der Waals surface area contributed by atoms with E-state index in [9.17, 15) is 0 Å². The highest BCUT2D eigenvalue weighted by Crippen LogP contribution is 2.61. The minimum absolute atomic E-state index is 0.714. The molecule has 1 N–H and O–H groups in total. The van der Waals surface area contributed by atoms with E-state index in [1.807, 2.05) is 11.8 Å². The zero-order valence-corrected chi connectivity index (χ0v) is 11.3. The molecule has 0 aromatic rings. The summed E-state index contributed by atoms with van der Waals surface area (Å²) in [4.78, 5) is 0. The number of hydrogen-bond acceptors (Lipinski definition) is 2. The van der Waals surface area contributed by atoms with Crippen LogP contribution < -0.4 is 5.32 Å². The molecule has 0 aromatic heterocycles. The first kappa shape index (κ1) is 11.4. The summed E-state index contributed by atoms with van der Waals surface area (Å²) in [7, 11) is 0. The lowest BCUT2D eigenvalue weighted by Gasteiger charge is -2.31. The molecule has 0 aliphatic heterocycles. The number of fused-ring (bicyclic) bond motifs is 1. The molecule has 3 rings (SSSR count). The van der Waals surface area contributed by atoms with Crippen LogP contribution in [0.5, 0.6) is 0 Å². The molecule has 2 atom stereocenters. The number of thioether (sulfide) groups is 1. The average molecular weight is 239 g/mol. The van der Waals surface area contributed by atoms with Gasteiger partial charge in [-0.1, -0.05) is 0 Å². The number of nitrogens with one attached hydrogen (secondary N) is 1. The monoisotopic (exact) mass is 239 g/mol. The van der Waals surface area contributed by atoms with Crippen molar-refractivity contribution in [3.05, 3.63) is 0 Å². The molecule has 0 bridgehead atoms. The highest BCUT2D eigenvalue weighted by molar-refractivity contribution is 7.98. The largest absolute Gasteiger partial charge is 0.313 e. The lowest BCUT2D eigenvalue weighted by Crippen LogP contribution is -2.34. The van der Waals surface area contributed by atoms with Gasteiger partial charge in [0.2, 0.25) is 0 Å². The highest BCUT2D eigenvalue weighted by atomic mass is 32.2. The fourth-order valence-electron chi connectivity index (χ4n) is 3.68. The van der Waals surface area contributed by atoms with Gasteiger partial charge in [-0.05, 0) is 74.2 Å². The fourth-order valence-corrected chi connectivity index (χ4v) is 4.12. The first-order valence-corrected chi connectivity index (χ1v) is 8.43. The zero-order chi connectivity index (χ0) is 11.0. The van der Waals surface area contributed by atoms with Crippen LogP contribution in [-0.2, 0) is 0 Å². The topological polar surface area (TPSA) is 12.0 Å². The van der Waals surface area contributed by atoms with Crippen LogP contribution in [0.3, 0.4) is 0 Å². The van der Waals surface area contributed by atoms with Gasteiger partial charge >= 0.3 is 0 Å². The molecule has 92 valence electrons. The summed E-state index contributed by atoms with van der Waals surface area (Å²) in [6.07, 6.45) is 12.7. The van der Waals surface area contributed by atoms with E-state index in [1.54, 1.807) is 19.3 Å². The Bertz CT molecular complexity index is 239. The van der Waals surface area contributed by atoms with E-state index in [0.29, 0.717) is 5.41 Å². The molecule has 3 aliphatic rings. The van der Waals surface area contributed by atoms with Gasteiger partial charge in [0.05, 0.1) is 0 Å². The molecule has 0 amide bonds. The molecule has 0 spiro atoms. The smallest absolute Gasteiger partial charge is 0.00684 e. The molecule has 0 aromatic carbocycles. The van der Waals surface area contributed by atoms with Crippen molar-refractivity contribution >= 4 is 11.8 Å². The molecule has 2 heteroatoms. The second-order valence-corrected chi connectivity index (χ2v) is 7.40. The van der Waals surface area contributed by atoms with Crippen molar-refractivity contribution in [3.63, 3.8) is 0 Å². The first-order chi connectivity index (χ1) is 7.81. The Morgan fingerprint density at radius 3 is 2.62 bits per heavy atom. The SMILES string of the molecule is CSCCCC1(CNC2CC2)CC2CC2C1. The summed E-state index contributed by atoms with van der Waals surface area (Å²) < 4.78 is 0. The van der Waals surface area contributed by atoms with Crippen LogP contribution in [0.1, 0.15) is 44.9 Å². The van der Waals surface area contributed by atoms with Gasteiger partial charge in [-0.2, -0.15) is 11.8 Å². The lowest BCUT2D eigenvalue weighted by molar-refractivity contribution is 0.228. The molecule has 16 heavy (non-hydrogen) atoms. The maximum Gasteiger partial charge on any atom is 0.00684 e. The molecule has 3 saturated carbocycles. The van der Waals surface area contributed by atoms with Crippen molar-refractivity contribution in [2.24, 2.45) is 17.3 Å². The summed E-state index contributed by atoms with van der Waals surface area (Å²) in [5.74, 6) is 3.63. The Kier molecular flexibility index (Phi) is 3.23. The Hall–Kier alpha value is 0.310. The van der Waals surface area contributed by atoms with E-state index in [0.717, 1.165) is 17.9 Å². The van der Waals surface area contributed by atoms with Crippen molar-refractivity contribution in [3.8, 4) is 0 Å². The van der Waals surface area contributed by atoms with Gasteiger partial charge in [0.25, 0.3) is 0 Å². The number of hydrogen-bond donors (Lipinski definition) is 1. The summed E-state index contributed by atoms with van der Waals surface area (Å²) in [6, 6.07) is 0.898. The van der Waals surface area contributed by atoms with Crippen LogP contribution in [0.4, 0.5) is 0 Å². The highest BCUT2D eigenvalue weighted by Gasteiger charge is 2.53. The van der Waals surface area contributed by atoms with Crippen LogP contribution >= 0.6 is 11.8 Å². The van der Waals surface area contributed by atoms with Crippen LogP contribution in [0.25, 0.3) is 0 Å². The predicted molar refractivity (Wildman–Crippen MR) is 71.9 cm³/mol. The van der Waals surface area contributed by atoms with Gasteiger partial charge in [0.15, 0.2) is 0 Å². The third-order valence-corrected chi connectivity index (χ3v) is 5.56. The summed E-state index contributed by atoms with van der Waals surface area (Å²) in [5, 5.41) is 3.80. The quantitative estimate of drug-likeness (QED) is 0.684. The zero-order valence-electron chi connectivity index (χ0n) is 10.5. The predicted octanol–water partition coefficient (Wildman–Crippen LogP) is 3.30. The first-order valence-electron chi connectivity index (χ1n) is 7.04. The minimum atomic E-state index is 0.714. The molecule has 0 radical (unpaired) electrons. The van der Waals surface area contributed by atoms with Crippen LogP contribution in [0.2, 0.25) is 0 Å². The maximum absolute atomic E-state index is 3.80. The van der Waals surface area contributed by atoms with Crippen molar-refractivity contribution in [1.82, 2.24) is 5.32 Å². The van der Waals surface area contributed by atoms with Crippen LogP contribution in [0, 0.1) is 17.3 Å². The summed E-state index contributed by atoms with van der Waals surface area (Å²) in [5.41, 5.74) is 0.714. The number of rotatable bonds is 7. The molecular weight excluding hydrogens is 214 g/mol. The molecule has 0 heterocycles. The minimum Gasteiger partial charge on any atom is -0.313 e. The molecule has 2 unspecified atom stereocenters. The van der Waals surface area contributed by atoms with Gasteiger partial charge < -0.3 is 5.32 Å². The third kappa shape index (κ3) is 2.59. The van der Waals surface area contributed by atoms with E-state index < -0.39 is 0 Å². The Labute approximate surface area is 104 Å². The van der Waals surface area contributed by atoms with Gasteiger partial charge in [0.1, 0.15) is 0 Å². The Morgan fingerprint density at radius 1 is 1.25 bits per heavy atom. The Morgan fingerprint density at radius 2 is 2.00 bits per heavy atom. The van der Waals surface area contributed by atoms with E-state index in [2.05, 4.69) is 11.6 Å². The Balaban J connectivity index is 1.50. The van der Waals surface area contributed by atoms with Gasteiger partial charge in [-0.15, -0.1) is 0 Å². The second-order valence-electron chi connectivity index (χ2n) is 6.42. The summed E-state index contributed by atoms with van der Waals surface area (Å²) in [6.45, 7) is 1.33. The van der Waals surface area contributed by atoms with Crippen LogP contribution in [0.15, 0.2) is 0 Å². The van der Waals surface area contributed by atoms with Gasteiger partial charge in [-0.3, -0.25) is 0 Å².